The fourth-order valence-corrected chi connectivity index (χ4v) is 2.76. The van der Waals surface area contributed by atoms with Gasteiger partial charge in [-0.05, 0) is 6.92 Å². The number of aromatic nitrogens is 2. The molecule has 98 valence electrons. The van der Waals surface area contributed by atoms with Gasteiger partial charge >= 0.3 is 0 Å². The fraction of sp³-hybridized carbons (Fsp3) is 0.667. The van der Waals surface area contributed by atoms with Crippen molar-refractivity contribution >= 4 is 21.6 Å². The number of likely N-dealkylation sites (N-methyl/N-ethyl adjacent to an activating group) is 1. The van der Waals surface area contributed by atoms with Gasteiger partial charge in [0.1, 0.15) is 0 Å². The van der Waals surface area contributed by atoms with Crippen LogP contribution in [-0.4, -0.2) is 49.7 Å². The Bertz CT molecular complexity index is 446. The predicted octanol–water partition coefficient (Wildman–Crippen LogP) is 0.806. The molecule has 1 rings (SSSR count). The lowest BCUT2D eigenvalue weighted by molar-refractivity contribution is 0.138. The maximum absolute atomic E-state index is 12.1. The molecule has 0 saturated heterocycles. The van der Waals surface area contributed by atoms with Crippen LogP contribution in [0.4, 0.5) is 0 Å². The highest BCUT2D eigenvalue weighted by molar-refractivity contribution is 7.89. The van der Waals surface area contributed by atoms with Crippen molar-refractivity contribution in [2.45, 2.75) is 17.8 Å². The van der Waals surface area contributed by atoms with Gasteiger partial charge in [0.15, 0.2) is 5.03 Å². The number of hydrogen-bond acceptors (Lipinski definition) is 4. The largest absolute Gasteiger partial charge is 0.380 e. The van der Waals surface area contributed by atoms with Crippen LogP contribution in [-0.2, 0) is 20.6 Å². The Morgan fingerprint density at radius 1 is 1.59 bits per heavy atom. The highest BCUT2D eigenvalue weighted by Crippen LogP contribution is 2.17. The minimum absolute atomic E-state index is 0.0477. The van der Waals surface area contributed by atoms with Crippen LogP contribution in [0, 0.1) is 0 Å². The number of aromatic amines is 1. The summed E-state index contributed by atoms with van der Waals surface area (Å²) in [4.78, 5) is 0. The monoisotopic (exact) mass is 281 g/mol. The van der Waals surface area contributed by atoms with Crippen LogP contribution in [0.15, 0.2) is 11.2 Å². The van der Waals surface area contributed by atoms with Gasteiger partial charge in [-0.1, -0.05) is 0 Å². The number of hydrogen-bond donors (Lipinski definition) is 1. The summed E-state index contributed by atoms with van der Waals surface area (Å²) in [5, 5.41) is 6.20. The molecule has 0 aliphatic heterocycles. The number of halogens is 1. The van der Waals surface area contributed by atoms with Crippen molar-refractivity contribution in [3.05, 3.63) is 11.8 Å². The van der Waals surface area contributed by atoms with Crippen LogP contribution < -0.4 is 0 Å². The van der Waals surface area contributed by atoms with E-state index in [0.29, 0.717) is 18.8 Å². The lowest BCUT2D eigenvalue weighted by atomic mass is 10.4. The second-order valence-corrected chi connectivity index (χ2v) is 5.63. The van der Waals surface area contributed by atoms with Crippen LogP contribution >= 0.6 is 11.6 Å². The zero-order valence-corrected chi connectivity index (χ0v) is 11.4. The Hall–Kier alpha value is -0.630. The number of sulfonamides is 1. The first-order valence-corrected chi connectivity index (χ1v) is 7.13. The molecule has 6 nitrogen and oxygen atoms in total. The summed E-state index contributed by atoms with van der Waals surface area (Å²) in [6, 6.07) is 0. The van der Waals surface area contributed by atoms with E-state index in [1.54, 1.807) is 0 Å². The summed E-state index contributed by atoms with van der Waals surface area (Å²) in [6.07, 6.45) is 1.41. The molecular weight excluding hydrogens is 266 g/mol. The van der Waals surface area contributed by atoms with E-state index in [9.17, 15) is 8.42 Å². The van der Waals surface area contributed by atoms with Crippen LogP contribution in [0.1, 0.15) is 12.5 Å². The zero-order chi connectivity index (χ0) is 12.9. The van der Waals surface area contributed by atoms with Gasteiger partial charge in [0.2, 0.25) is 0 Å². The molecule has 0 spiro atoms. The van der Waals surface area contributed by atoms with Gasteiger partial charge in [-0.25, -0.2) is 8.42 Å². The number of H-pyrrole nitrogens is 1. The second-order valence-electron chi connectivity index (χ2n) is 3.38. The third kappa shape index (κ3) is 3.41. The highest BCUT2D eigenvalue weighted by atomic mass is 35.5. The maximum atomic E-state index is 12.1. The number of nitrogens with zero attached hydrogens (tertiary/aromatic N) is 2. The summed E-state index contributed by atoms with van der Waals surface area (Å²) in [7, 11) is -2.07. The van der Waals surface area contributed by atoms with Crippen molar-refractivity contribution < 1.29 is 13.2 Å². The van der Waals surface area contributed by atoms with Gasteiger partial charge in [0.25, 0.3) is 10.0 Å². The van der Waals surface area contributed by atoms with E-state index in [2.05, 4.69) is 10.2 Å². The van der Waals surface area contributed by atoms with Gasteiger partial charge in [0.05, 0.1) is 18.7 Å². The average molecular weight is 282 g/mol. The first kappa shape index (κ1) is 14.4. The smallest absolute Gasteiger partial charge is 0.260 e. The molecule has 0 saturated carbocycles. The number of nitrogens with one attached hydrogen (secondary N) is 1. The van der Waals surface area contributed by atoms with Gasteiger partial charge in [-0.2, -0.15) is 9.40 Å². The van der Waals surface area contributed by atoms with Crippen LogP contribution in [0.5, 0.6) is 0 Å². The first-order valence-electron chi connectivity index (χ1n) is 5.16. The van der Waals surface area contributed by atoms with E-state index in [0.717, 1.165) is 0 Å². The molecule has 1 N–H and O–H groups in total. The Morgan fingerprint density at radius 3 is 2.88 bits per heavy atom. The van der Waals surface area contributed by atoms with Crippen LogP contribution in [0.2, 0.25) is 0 Å². The van der Waals surface area contributed by atoms with Crippen LogP contribution in [0.25, 0.3) is 0 Å². The molecule has 8 heteroatoms. The van der Waals surface area contributed by atoms with Crippen molar-refractivity contribution in [3.63, 3.8) is 0 Å². The molecular formula is C9H16ClN3O3S. The van der Waals surface area contributed by atoms with Crippen molar-refractivity contribution in [2.24, 2.45) is 0 Å². The second kappa shape index (κ2) is 6.34. The molecule has 0 aliphatic carbocycles. The van der Waals surface area contributed by atoms with Gasteiger partial charge in [0, 0.05) is 25.8 Å². The molecule has 0 atom stereocenters. The SMILES string of the molecule is CCOCCN(C)S(=O)(=O)c1[nH]ncc1CCl. The summed E-state index contributed by atoms with van der Waals surface area (Å²) in [5.41, 5.74) is 0.468. The summed E-state index contributed by atoms with van der Waals surface area (Å²) in [6.45, 7) is 3.06. The average Bonchev–Trinajstić information content (AvgIpc) is 2.77. The molecule has 17 heavy (non-hydrogen) atoms. The summed E-state index contributed by atoms with van der Waals surface area (Å²) >= 11 is 5.64. The Kier molecular flexibility index (Phi) is 5.38. The maximum Gasteiger partial charge on any atom is 0.260 e. The van der Waals surface area contributed by atoms with Gasteiger partial charge in [-0.15, -0.1) is 11.6 Å². The van der Waals surface area contributed by atoms with Crippen molar-refractivity contribution in [1.82, 2.24) is 14.5 Å². The number of ether oxygens (including phenoxy) is 1. The van der Waals surface area contributed by atoms with E-state index in [1.165, 1.54) is 17.5 Å². The molecule has 0 aromatic carbocycles. The van der Waals surface area contributed by atoms with E-state index < -0.39 is 10.0 Å². The van der Waals surface area contributed by atoms with Crippen LogP contribution in [0.3, 0.4) is 0 Å². The summed E-state index contributed by atoms with van der Waals surface area (Å²) in [5.74, 6) is 0.102. The van der Waals surface area contributed by atoms with Crippen molar-refractivity contribution in [1.29, 1.82) is 0 Å². The Morgan fingerprint density at radius 2 is 2.29 bits per heavy atom. The molecule has 0 aliphatic rings. The van der Waals surface area contributed by atoms with Crippen molar-refractivity contribution in [3.8, 4) is 0 Å². The zero-order valence-electron chi connectivity index (χ0n) is 9.81. The van der Waals surface area contributed by atoms with Gasteiger partial charge < -0.3 is 4.74 Å². The molecule has 0 amide bonds. The Labute approximate surface area is 106 Å². The van der Waals surface area contributed by atoms with E-state index in [4.69, 9.17) is 16.3 Å². The topological polar surface area (TPSA) is 75.3 Å². The molecule has 0 radical (unpaired) electrons. The molecule has 0 bridgehead atoms. The Balaban J connectivity index is 2.80. The number of rotatable bonds is 7. The normalized spacial score (nSPS) is 12.2. The quantitative estimate of drug-likeness (QED) is 0.593. The predicted molar refractivity (Wildman–Crippen MR) is 64.5 cm³/mol. The fourth-order valence-electron chi connectivity index (χ4n) is 1.23. The first-order chi connectivity index (χ1) is 8.04. The molecule has 0 unspecified atom stereocenters. The van der Waals surface area contributed by atoms with E-state index in [1.807, 2.05) is 6.92 Å². The minimum Gasteiger partial charge on any atom is -0.380 e. The molecule has 1 aromatic heterocycles. The lowest BCUT2D eigenvalue weighted by Gasteiger charge is -2.16. The lowest BCUT2D eigenvalue weighted by Crippen LogP contribution is -2.31. The van der Waals surface area contributed by atoms with Crippen molar-refractivity contribution in [2.75, 3.05) is 26.8 Å². The highest BCUT2D eigenvalue weighted by Gasteiger charge is 2.25. The third-order valence-electron chi connectivity index (χ3n) is 2.25. The minimum atomic E-state index is -3.57. The van der Waals surface area contributed by atoms with Gasteiger partial charge in [-0.3, -0.25) is 5.10 Å². The number of alkyl halides is 1. The summed E-state index contributed by atoms with van der Waals surface area (Å²) < 4.78 is 30.5. The molecule has 1 aromatic rings. The molecule has 0 fully saturated rings. The molecule has 1 heterocycles. The van der Waals surface area contributed by atoms with E-state index >= 15 is 0 Å². The van der Waals surface area contributed by atoms with E-state index in [-0.39, 0.29) is 17.5 Å². The third-order valence-corrected chi connectivity index (χ3v) is 4.41. The standard InChI is InChI=1S/C9H16ClN3O3S/c1-3-16-5-4-13(2)17(14,15)9-8(6-10)7-11-12-9/h7H,3-6H2,1-2H3,(H,11,12).